The number of benzene rings is 3. The number of rotatable bonds is 10. The third kappa shape index (κ3) is 6.19. The maximum absolute atomic E-state index is 13.3. The Morgan fingerprint density at radius 1 is 0.944 bits per heavy atom. The molecule has 0 bridgehead atoms. The van der Waals surface area contributed by atoms with Gasteiger partial charge in [0.1, 0.15) is 6.04 Å². The van der Waals surface area contributed by atoms with Crippen molar-refractivity contribution >= 4 is 27.5 Å². The first kappa shape index (κ1) is 25.6. The topological polar surface area (TPSA) is 95.6 Å². The van der Waals surface area contributed by atoms with Gasteiger partial charge in [0.05, 0.1) is 4.90 Å². The minimum Gasteiger partial charge on any atom is -0.354 e. The molecule has 0 unspecified atom stereocenters. The highest BCUT2D eigenvalue weighted by atomic mass is 32.2. The molecule has 4 rings (SSSR count). The number of amides is 2. The smallest absolute Gasteiger partial charge is 0.241 e. The van der Waals surface area contributed by atoms with E-state index in [9.17, 15) is 18.0 Å². The summed E-state index contributed by atoms with van der Waals surface area (Å²) in [6.45, 7) is 2.75. The second kappa shape index (κ2) is 11.5. The van der Waals surface area contributed by atoms with Crippen LogP contribution in [0.5, 0.6) is 0 Å². The molecule has 7 nitrogen and oxygen atoms in total. The Hall–Kier alpha value is -3.49. The number of fused-ring (bicyclic) bond motifs is 1. The zero-order chi connectivity index (χ0) is 25.5. The molecule has 1 heterocycles. The lowest BCUT2D eigenvalue weighted by molar-refractivity contribution is -0.122. The molecule has 36 heavy (non-hydrogen) atoms. The van der Waals surface area contributed by atoms with Crippen molar-refractivity contribution in [1.29, 1.82) is 0 Å². The standard InChI is InChI=1S/C28H31N3O4S/c1-2-27(32)31-18-16-23-20-24(13-14-26(23)31)36(34,35)30-25(19-22-11-7-4-8-12-22)28(33)29-17-15-21-9-5-3-6-10-21/h3-14,20,25,30H,2,15-19H2,1H3,(H,29,33)/t25-/m1/s1. The Morgan fingerprint density at radius 2 is 1.61 bits per heavy atom. The van der Waals surface area contributed by atoms with Gasteiger partial charge in [-0.15, -0.1) is 0 Å². The van der Waals surface area contributed by atoms with Gasteiger partial charge in [0.15, 0.2) is 0 Å². The largest absolute Gasteiger partial charge is 0.354 e. The van der Waals surface area contributed by atoms with Crippen LogP contribution in [0.15, 0.2) is 83.8 Å². The van der Waals surface area contributed by atoms with E-state index >= 15 is 0 Å². The van der Waals surface area contributed by atoms with Crippen LogP contribution in [-0.4, -0.2) is 39.4 Å². The second-order valence-electron chi connectivity index (χ2n) is 8.83. The third-order valence-corrected chi connectivity index (χ3v) is 7.78. The summed E-state index contributed by atoms with van der Waals surface area (Å²) in [6, 6.07) is 22.9. The number of nitrogens with one attached hydrogen (secondary N) is 2. The van der Waals surface area contributed by atoms with E-state index in [4.69, 9.17) is 0 Å². The first-order valence-corrected chi connectivity index (χ1v) is 13.7. The fourth-order valence-electron chi connectivity index (χ4n) is 4.39. The van der Waals surface area contributed by atoms with Crippen molar-refractivity contribution in [2.24, 2.45) is 0 Å². The van der Waals surface area contributed by atoms with Crippen molar-refractivity contribution in [3.05, 3.63) is 95.6 Å². The molecule has 1 aliphatic heterocycles. The van der Waals surface area contributed by atoms with Crippen LogP contribution in [-0.2, 0) is 38.9 Å². The first-order chi connectivity index (χ1) is 17.4. The Bertz CT molecular complexity index is 1310. The van der Waals surface area contributed by atoms with Gasteiger partial charge in [0.25, 0.3) is 0 Å². The van der Waals surface area contributed by atoms with Gasteiger partial charge >= 0.3 is 0 Å². The van der Waals surface area contributed by atoms with Crippen molar-refractivity contribution in [2.45, 2.75) is 43.5 Å². The molecule has 0 aromatic heterocycles. The van der Waals surface area contributed by atoms with Crippen LogP contribution >= 0.6 is 0 Å². The molecule has 0 aliphatic carbocycles. The normalized spacial score (nSPS) is 13.8. The number of carbonyl (C=O) groups is 2. The molecule has 0 saturated carbocycles. The van der Waals surface area contributed by atoms with Crippen molar-refractivity contribution in [3.63, 3.8) is 0 Å². The van der Waals surface area contributed by atoms with E-state index in [0.717, 1.165) is 22.4 Å². The predicted octanol–water partition coefficient (Wildman–Crippen LogP) is 3.23. The monoisotopic (exact) mass is 505 g/mol. The van der Waals surface area contributed by atoms with Crippen LogP contribution in [0.25, 0.3) is 0 Å². The molecule has 0 spiro atoms. The number of hydrogen-bond donors (Lipinski definition) is 2. The van der Waals surface area contributed by atoms with Gasteiger partial charge in [0.2, 0.25) is 21.8 Å². The van der Waals surface area contributed by atoms with Gasteiger partial charge in [0, 0.05) is 25.2 Å². The van der Waals surface area contributed by atoms with Gasteiger partial charge in [-0.2, -0.15) is 4.72 Å². The summed E-state index contributed by atoms with van der Waals surface area (Å²) in [5.41, 5.74) is 3.50. The summed E-state index contributed by atoms with van der Waals surface area (Å²) in [5.74, 6) is -0.364. The van der Waals surface area contributed by atoms with Gasteiger partial charge in [-0.05, 0) is 54.2 Å². The zero-order valence-electron chi connectivity index (χ0n) is 20.3. The van der Waals surface area contributed by atoms with E-state index < -0.39 is 16.1 Å². The Labute approximate surface area is 212 Å². The van der Waals surface area contributed by atoms with Crippen molar-refractivity contribution in [1.82, 2.24) is 10.0 Å². The zero-order valence-corrected chi connectivity index (χ0v) is 21.1. The molecule has 0 radical (unpaired) electrons. The lowest BCUT2D eigenvalue weighted by Crippen LogP contribution is -2.48. The van der Waals surface area contributed by atoms with E-state index in [-0.39, 0.29) is 23.1 Å². The molecule has 188 valence electrons. The van der Waals surface area contributed by atoms with Crippen LogP contribution in [0.2, 0.25) is 0 Å². The number of anilines is 1. The average Bonchev–Trinajstić information content (AvgIpc) is 3.32. The van der Waals surface area contributed by atoms with Crippen LogP contribution in [0.4, 0.5) is 5.69 Å². The van der Waals surface area contributed by atoms with E-state index in [0.29, 0.717) is 32.4 Å². The van der Waals surface area contributed by atoms with Crippen LogP contribution in [0, 0.1) is 0 Å². The van der Waals surface area contributed by atoms with Gasteiger partial charge in [-0.3, -0.25) is 9.59 Å². The summed E-state index contributed by atoms with van der Waals surface area (Å²) in [7, 11) is -3.98. The van der Waals surface area contributed by atoms with E-state index in [1.807, 2.05) is 60.7 Å². The SMILES string of the molecule is CCC(=O)N1CCc2cc(S(=O)(=O)N[C@H](Cc3ccccc3)C(=O)NCCc3ccccc3)ccc21. The van der Waals surface area contributed by atoms with Crippen molar-refractivity contribution in [3.8, 4) is 0 Å². The van der Waals surface area contributed by atoms with Gasteiger partial charge in [-0.1, -0.05) is 67.6 Å². The average molecular weight is 506 g/mol. The minimum absolute atomic E-state index is 0.0116. The Morgan fingerprint density at radius 3 is 2.28 bits per heavy atom. The molecule has 0 fully saturated rings. The molecule has 3 aromatic rings. The lowest BCUT2D eigenvalue weighted by atomic mass is 10.1. The summed E-state index contributed by atoms with van der Waals surface area (Å²) < 4.78 is 29.3. The minimum atomic E-state index is -3.98. The Balaban J connectivity index is 1.50. The second-order valence-corrected chi connectivity index (χ2v) is 10.5. The van der Waals surface area contributed by atoms with Crippen molar-refractivity contribution in [2.75, 3.05) is 18.0 Å². The number of nitrogens with zero attached hydrogens (tertiary/aromatic N) is 1. The summed E-state index contributed by atoms with van der Waals surface area (Å²) in [5, 5.41) is 2.88. The third-order valence-electron chi connectivity index (χ3n) is 6.31. The molecular formula is C28H31N3O4S. The summed E-state index contributed by atoms with van der Waals surface area (Å²) in [4.78, 5) is 27.1. The highest BCUT2D eigenvalue weighted by molar-refractivity contribution is 7.89. The highest BCUT2D eigenvalue weighted by Gasteiger charge is 2.29. The summed E-state index contributed by atoms with van der Waals surface area (Å²) in [6.07, 6.45) is 1.86. The number of carbonyl (C=O) groups excluding carboxylic acids is 2. The molecule has 0 saturated heterocycles. The van der Waals surface area contributed by atoms with Crippen molar-refractivity contribution < 1.29 is 18.0 Å². The highest BCUT2D eigenvalue weighted by Crippen LogP contribution is 2.30. The fourth-order valence-corrected chi connectivity index (χ4v) is 5.63. The number of hydrogen-bond acceptors (Lipinski definition) is 4. The molecule has 1 atom stereocenters. The van der Waals surface area contributed by atoms with Crippen LogP contribution in [0.1, 0.15) is 30.0 Å². The first-order valence-electron chi connectivity index (χ1n) is 12.2. The molecular weight excluding hydrogens is 474 g/mol. The number of sulfonamides is 1. The van der Waals surface area contributed by atoms with Crippen LogP contribution in [0.3, 0.4) is 0 Å². The Kier molecular flexibility index (Phi) is 8.18. The summed E-state index contributed by atoms with van der Waals surface area (Å²) >= 11 is 0. The quantitative estimate of drug-likeness (QED) is 0.442. The van der Waals surface area contributed by atoms with E-state index in [1.165, 1.54) is 6.07 Å². The maximum Gasteiger partial charge on any atom is 0.241 e. The maximum atomic E-state index is 13.3. The fraction of sp³-hybridized carbons (Fsp3) is 0.286. The van der Waals surface area contributed by atoms with E-state index in [1.54, 1.807) is 24.0 Å². The lowest BCUT2D eigenvalue weighted by Gasteiger charge is -2.20. The van der Waals surface area contributed by atoms with Gasteiger partial charge in [-0.25, -0.2) is 8.42 Å². The van der Waals surface area contributed by atoms with Gasteiger partial charge < -0.3 is 10.2 Å². The van der Waals surface area contributed by atoms with E-state index in [2.05, 4.69) is 10.0 Å². The molecule has 1 aliphatic rings. The molecule has 3 aromatic carbocycles. The molecule has 2 N–H and O–H groups in total. The molecule has 8 heteroatoms. The molecule has 2 amide bonds. The predicted molar refractivity (Wildman–Crippen MR) is 140 cm³/mol. The van der Waals surface area contributed by atoms with Crippen LogP contribution < -0.4 is 14.9 Å².